The summed E-state index contributed by atoms with van der Waals surface area (Å²) < 4.78 is 0. The number of nitrogens with zero attached hydrogens (tertiary/aromatic N) is 1. The van der Waals surface area contributed by atoms with E-state index < -0.39 is 36.4 Å². The Balaban J connectivity index is 0. The third-order valence-corrected chi connectivity index (χ3v) is 5.46. The van der Waals surface area contributed by atoms with Crippen molar-refractivity contribution in [2.45, 2.75) is 23.0 Å². The van der Waals surface area contributed by atoms with Crippen molar-refractivity contribution < 1.29 is 56.2 Å². The first-order valence-corrected chi connectivity index (χ1v) is 10.7. The van der Waals surface area contributed by atoms with Crippen LogP contribution in [0.2, 0.25) is 0 Å². The third kappa shape index (κ3) is 11.6. The first kappa shape index (κ1) is 34.6. The quantitative estimate of drug-likeness (QED) is 0.0707. The average molecular weight is 492 g/mol. The van der Waals surface area contributed by atoms with Gasteiger partial charge in [0.25, 0.3) is 0 Å². The van der Waals surface area contributed by atoms with E-state index in [1.54, 1.807) is 0 Å². The lowest BCUT2D eigenvalue weighted by atomic mass is 10.0. The molecule has 0 radical (unpaired) electrons. The summed E-state index contributed by atoms with van der Waals surface area (Å²) in [5.74, 6) is 0. The Bertz CT molecular complexity index is 384. The van der Waals surface area contributed by atoms with E-state index in [2.05, 4.69) is 10.6 Å². The number of hydrogen-bond acceptors (Lipinski definition) is 14. The highest BCUT2D eigenvalue weighted by atomic mass is 16.3. The molecule has 0 atom stereocenters. The maximum Gasteiger partial charge on any atom is 0.0908 e. The molecule has 0 heterocycles. The fourth-order valence-corrected chi connectivity index (χ4v) is 2.71. The van der Waals surface area contributed by atoms with Crippen molar-refractivity contribution in [3.63, 3.8) is 0 Å². The fraction of sp³-hybridized carbons (Fsp3) is 1.00. The van der Waals surface area contributed by atoms with E-state index in [9.17, 15) is 0 Å². The summed E-state index contributed by atoms with van der Waals surface area (Å²) in [6, 6.07) is 0. The fourth-order valence-electron chi connectivity index (χ4n) is 2.71. The zero-order chi connectivity index (χ0) is 25.8. The maximum atomic E-state index is 9.08. The summed E-state index contributed by atoms with van der Waals surface area (Å²) in [7, 11) is 0. The van der Waals surface area contributed by atoms with Gasteiger partial charge in [0.15, 0.2) is 0 Å². The highest BCUT2D eigenvalue weighted by Crippen LogP contribution is 2.13. The zero-order valence-corrected chi connectivity index (χ0v) is 19.2. The molecule has 14 nitrogen and oxygen atoms in total. The second-order valence-corrected chi connectivity index (χ2v) is 7.85. The van der Waals surface area contributed by atoms with Gasteiger partial charge < -0.3 is 66.8 Å². The number of hydrogen-bond donors (Lipinski definition) is 13. The van der Waals surface area contributed by atoms with Gasteiger partial charge in [0, 0.05) is 13.1 Å². The van der Waals surface area contributed by atoms with Crippen LogP contribution in [0, 0.1) is 0 Å². The molecule has 0 saturated carbocycles. The Morgan fingerprint density at radius 2 is 0.758 bits per heavy atom. The van der Waals surface area contributed by atoms with Gasteiger partial charge >= 0.3 is 0 Å². The lowest BCUT2D eigenvalue weighted by Gasteiger charge is -2.39. The lowest BCUT2D eigenvalue weighted by Crippen LogP contribution is -2.58. The highest BCUT2D eigenvalue weighted by molar-refractivity contribution is 4.89. The van der Waals surface area contributed by atoms with E-state index in [1.165, 1.54) is 4.90 Å². The van der Waals surface area contributed by atoms with Crippen molar-refractivity contribution >= 4 is 0 Å². The zero-order valence-electron chi connectivity index (χ0n) is 19.2. The van der Waals surface area contributed by atoms with Crippen molar-refractivity contribution in [1.82, 2.24) is 15.5 Å². The molecule has 14 heteroatoms. The molecule has 0 aromatic heterocycles. The molecule has 0 aromatic rings. The standard InChI is InChI=1S/C11H26N2O6.C8H19NO5/c14-4-10(5-15,6-16)12-2-1-3-13-11(7-17,8-18)9-19;10-3-1-9(2-4-11)8(5-12,6-13)7-14/h12-19H,1-9H2;10-14H,1-7H2. The van der Waals surface area contributed by atoms with Crippen LogP contribution in [0.1, 0.15) is 6.42 Å². The largest absolute Gasteiger partial charge is 0.395 e. The van der Waals surface area contributed by atoms with Crippen LogP contribution in [-0.2, 0) is 0 Å². The van der Waals surface area contributed by atoms with Gasteiger partial charge in [-0.05, 0) is 19.5 Å². The van der Waals surface area contributed by atoms with Gasteiger partial charge in [-0.1, -0.05) is 0 Å². The number of nitrogens with one attached hydrogen (secondary N) is 2. The first-order chi connectivity index (χ1) is 15.8. The third-order valence-electron chi connectivity index (χ3n) is 5.46. The van der Waals surface area contributed by atoms with Gasteiger partial charge in [-0.3, -0.25) is 4.90 Å². The molecule has 13 N–H and O–H groups in total. The minimum atomic E-state index is -1.18. The smallest absolute Gasteiger partial charge is 0.0908 e. The number of aliphatic hydroxyl groups excluding tert-OH is 11. The molecule has 0 saturated heterocycles. The Hall–Kier alpha value is -0.560. The number of aliphatic hydroxyl groups is 11. The summed E-state index contributed by atoms with van der Waals surface area (Å²) in [5.41, 5.74) is -3.39. The van der Waals surface area contributed by atoms with Crippen LogP contribution in [0.5, 0.6) is 0 Å². The lowest BCUT2D eigenvalue weighted by molar-refractivity contribution is -0.0578. The second-order valence-electron chi connectivity index (χ2n) is 7.85. The molecule has 0 unspecified atom stereocenters. The van der Waals surface area contributed by atoms with Gasteiger partial charge in [0.2, 0.25) is 0 Å². The predicted octanol–water partition coefficient (Wildman–Crippen LogP) is -7.02. The van der Waals surface area contributed by atoms with E-state index in [-0.39, 0.29) is 65.9 Å². The summed E-state index contributed by atoms with van der Waals surface area (Å²) in [6.07, 6.45) is 0.559. The monoisotopic (exact) mass is 491 g/mol. The Morgan fingerprint density at radius 3 is 0.970 bits per heavy atom. The summed E-state index contributed by atoms with van der Waals surface area (Å²) in [6.45, 7) is -2.76. The molecule has 33 heavy (non-hydrogen) atoms. The molecule has 0 rings (SSSR count). The van der Waals surface area contributed by atoms with Crippen molar-refractivity contribution in [3.05, 3.63) is 0 Å². The summed E-state index contributed by atoms with van der Waals surface area (Å²) in [4.78, 5) is 1.47. The molecule has 202 valence electrons. The second kappa shape index (κ2) is 19.7. The minimum absolute atomic E-state index is 0.165. The Labute approximate surface area is 194 Å². The van der Waals surface area contributed by atoms with Gasteiger partial charge in [0.1, 0.15) is 0 Å². The maximum absolute atomic E-state index is 9.08. The average Bonchev–Trinajstić information content (AvgIpc) is 2.87. The number of rotatable bonds is 20. The van der Waals surface area contributed by atoms with Crippen molar-refractivity contribution in [2.75, 3.05) is 98.9 Å². The molecular formula is C19H45N3O11. The van der Waals surface area contributed by atoms with E-state index in [4.69, 9.17) is 56.2 Å². The molecule has 0 aromatic carbocycles. The van der Waals surface area contributed by atoms with Crippen molar-refractivity contribution in [3.8, 4) is 0 Å². The highest BCUT2D eigenvalue weighted by Gasteiger charge is 2.34. The molecular weight excluding hydrogens is 446 g/mol. The molecule has 0 fully saturated rings. The minimum Gasteiger partial charge on any atom is -0.395 e. The normalized spacial score (nSPS) is 12.7. The van der Waals surface area contributed by atoms with Gasteiger partial charge in [-0.15, -0.1) is 0 Å². The topological polar surface area (TPSA) is 250 Å². The SMILES string of the molecule is OCC(CO)(CO)NCCCNC(CO)(CO)CO.OCCN(CCO)C(CO)(CO)CO. The molecule has 0 aliphatic heterocycles. The molecule has 0 amide bonds. The molecule has 0 spiro atoms. The van der Waals surface area contributed by atoms with Crippen LogP contribution < -0.4 is 10.6 Å². The van der Waals surface area contributed by atoms with Crippen molar-refractivity contribution in [1.29, 1.82) is 0 Å². The Kier molecular flexibility index (Phi) is 20.7. The predicted molar refractivity (Wildman–Crippen MR) is 118 cm³/mol. The summed E-state index contributed by atoms with van der Waals surface area (Å²) in [5, 5.41) is 105. The van der Waals surface area contributed by atoms with Crippen LogP contribution in [0.3, 0.4) is 0 Å². The van der Waals surface area contributed by atoms with Gasteiger partial charge in [0.05, 0.1) is 89.3 Å². The van der Waals surface area contributed by atoms with Gasteiger partial charge in [-0.2, -0.15) is 0 Å². The Morgan fingerprint density at radius 1 is 0.455 bits per heavy atom. The van der Waals surface area contributed by atoms with Crippen molar-refractivity contribution in [2.24, 2.45) is 0 Å². The number of β-amino-alcohol motifs (C(OH)–C–C–N with tert-alkyl or cyclic N) is 2. The van der Waals surface area contributed by atoms with Crippen LogP contribution >= 0.6 is 0 Å². The van der Waals surface area contributed by atoms with Crippen LogP contribution in [-0.4, -0.2) is 177 Å². The van der Waals surface area contributed by atoms with E-state index in [1.807, 2.05) is 0 Å². The van der Waals surface area contributed by atoms with E-state index >= 15 is 0 Å². The van der Waals surface area contributed by atoms with Gasteiger partial charge in [-0.25, -0.2) is 0 Å². The summed E-state index contributed by atoms with van der Waals surface area (Å²) >= 11 is 0. The van der Waals surface area contributed by atoms with Crippen LogP contribution in [0.15, 0.2) is 0 Å². The van der Waals surface area contributed by atoms with Crippen LogP contribution in [0.4, 0.5) is 0 Å². The first-order valence-electron chi connectivity index (χ1n) is 10.7. The van der Waals surface area contributed by atoms with Crippen LogP contribution in [0.25, 0.3) is 0 Å². The molecule has 0 aliphatic rings. The van der Waals surface area contributed by atoms with E-state index in [0.29, 0.717) is 19.5 Å². The molecule has 0 aliphatic carbocycles. The van der Waals surface area contributed by atoms with E-state index in [0.717, 1.165) is 0 Å². The molecule has 0 bridgehead atoms.